The molecule has 0 atom stereocenters. The Balaban J connectivity index is 1.95. The van der Waals surface area contributed by atoms with Gasteiger partial charge in [-0.15, -0.1) is 4.83 Å². The van der Waals surface area contributed by atoms with Gasteiger partial charge in [-0.25, -0.2) is 17.5 Å². The van der Waals surface area contributed by atoms with E-state index in [1.165, 1.54) is 6.07 Å². The zero-order valence-corrected chi connectivity index (χ0v) is 16.9. The Kier molecular flexibility index (Phi) is 5.69. The number of fused-ring (bicyclic) bond motifs is 1. The van der Waals surface area contributed by atoms with Crippen molar-refractivity contribution in [1.82, 2.24) is 20.0 Å². The maximum atomic E-state index is 13.3. The molecule has 29 heavy (non-hydrogen) atoms. The van der Waals surface area contributed by atoms with Crippen LogP contribution in [-0.4, -0.2) is 24.1 Å². The third-order valence-corrected chi connectivity index (χ3v) is 5.57. The van der Waals surface area contributed by atoms with Crippen LogP contribution in [0.1, 0.15) is 30.4 Å². The van der Waals surface area contributed by atoms with Crippen LogP contribution in [0.25, 0.3) is 10.8 Å². The largest absolute Gasteiger partial charge is 0.287 e. The van der Waals surface area contributed by atoms with Crippen LogP contribution in [0.5, 0.6) is 0 Å². The molecule has 0 saturated carbocycles. The van der Waals surface area contributed by atoms with Crippen molar-refractivity contribution in [2.24, 2.45) is 0 Å². The molecular formula is C18H16ClFN4O4S. The maximum Gasteiger partial charge on any atom is 0.287 e. The fourth-order valence-corrected chi connectivity index (χ4v) is 3.71. The molecule has 11 heteroatoms. The van der Waals surface area contributed by atoms with Crippen molar-refractivity contribution in [3.05, 3.63) is 69.4 Å². The lowest BCUT2D eigenvalue weighted by molar-refractivity contribution is 0.0939. The SMILES string of the molecule is CC(C)n1nc(C(=O)NNS(=O)(=O)c2ccc(F)c(Cl)c2)c2ccccc2c1=O. The molecule has 0 aliphatic heterocycles. The predicted molar refractivity (Wildman–Crippen MR) is 106 cm³/mol. The van der Waals surface area contributed by atoms with Crippen LogP contribution >= 0.6 is 11.6 Å². The Hall–Kier alpha value is -2.82. The van der Waals surface area contributed by atoms with Crippen LogP contribution in [0.15, 0.2) is 52.2 Å². The summed E-state index contributed by atoms with van der Waals surface area (Å²) in [5.74, 6) is -1.64. The van der Waals surface area contributed by atoms with E-state index in [0.717, 1.165) is 22.9 Å². The first-order valence-electron chi connectivity index (χ1n) is 8.40. The van der Waals surface area contributed by atoms with Gasteiger partial charge in [0.1, 0.15) is 5.82 Å². The Labute approximate surface area is 170 Å². The summed E-state index contributed by atoms with van der Waals surface area (Å²) in [5, 5.41) is 4.25. The number of sulfonamides is 1. The number of halogens is 2. The second kappa shape index (κ2) is 7.90. The van der Waals surface area contributed by atoms with E-state index in [2.05, 4.69) is 10.5 Å². The van der Waals surface area contributed by atoms with Crippen molar-refractivity contribution in [3.8, 4) is 0 Å². The number of benzene rings is 2. The zero-order chi connectivity index (χ0) is 21.3. The fourth-order valence-electron chi connectivity index (χ4n) is 2.60. The predicted octanol–water partition coefficient (Wildman–Crippen LogP) is 2.39. The lowest BCUT2D eigenvalue weighted by atomic mass is 10.1. The van der Waals surface area contributed by atoms with E-state index in [1.54, 1.807) is 32.0 Å². The van der Waals surface area contributed by atoms with Crippen molar-refractivity contribution in [1.29, 1.82) is 0 Å². The Bertz CT molecular complexity index is 1270. The molecule has 0 unspecified atom stereocenters. The number of nitrogens with one attached hydrogen (secondary N) is 2. The summed E-state index contributed by atoms with van der Waals surface area (Å²) in [5.41, 5.74) is 1.56. The second-order valence-electron chi connectivity index (χ2n) is 6.37. The topological polar surface area (TPSA) is 110 Å². The van der Waals surface area contributed by atoms with Crippen LogP contribution in [0.2, 0.25) is 5.02 Å². The number of aromatic nitrogens is 2. The average Bonchev–Trinajstić information content (AvgIpc) is 2.68. The van der Waals surface area contributed by atoms with Gasteiger partial charge in [-0.2, -0.15) is 5.10 Å². The van der Waals surface area contributed by atoms with Gasteiger partial charge in [0, 0.05) is 5.39 Å². The molecule has 0 aliphatic carbocycles. The number of hydrogen-bond donors (Lipinski definition) is 2. The van der Waals surface area contributed by atoms with Gasteiger partial charge in [0.2, 0.25) is 0 Å². The smallest absolute Gasteiger partial charge is 0.272 e. The fraction of sp³-hybridized carbons (Fsp3) is 0.167. The molecule has 8 nitrogen and oxygen atoms in total. The summed E-state index contributed by atoms with van der Waals surface area (Å²) >= 11 is 5.61. The van der Waals surface area contributed by atoms with Crippen LogP contribution in [0.4, 0.5) is 4.39 Å². The molecular weight excluding hydrogens is 423 g/mol. The van der Waals surface area contributed by atoms with E-state index in [9.17, 15) is 22.4 Å². The summed E-state index contributed by atoms with van der Waals surface area (Å²) < 4.78 is 39.1. The number of amides is 1. The Morgan fingerprint density at radius 2 is 1.83 bits per heavy atom. The number of hydrogen-bond acceptors (Lipinski definition) is 5. The van der Waals surface area contributed by atoms with Gasteiger partial charge in [0.25, 0.3) is 21.5 Å². The normalized spacial score (nSPS) is 11.8. The van der Waals surface area contributed by atoms with Gasteiger partial charge in [0.05, 0.1) is 21.3 Å². The van der Waals surface area contributed by atoms with Crippen LogP contribution in [0.3, 0.4) is 0 Å². The summed E-state index contributed by atoms with van der Waals surface area (Å²) in [6, 6.07) is 8.86. The molecule has 3 rings (SSSR count). The average molecular weight is 439 g/mol. The van der Waals surface area contributed by atoms with Crippen molar-refractivity contribution in [2.75, 3.05) is 0 Å². The van der Waals surface area contributed by atoms with Gasteiger partial charge in [-0.1, -0.05) is 29.8 Å². The van der Waals surface area contributed by atoms with E-state index in [4.69, 9.17) is 11.6 Å². The van der Waals surface area contributed by atoms with Crippen molar-refractivity contribution in [2.45, 2.75) is 24.8 Å². The summed E-state index contributed by atoms with van der Waals surface area (Å²) in [4.78, 5) is 26.7. The molecule has 3 aromatic rings. The zero-order valence-electron chi connectivity index (χ0n) is 15.3. The van der Waals surface area contributed by atoms with Crippen LogP contribution in [-0.2, 0) is 10.0 Å². The molecule has 0 saturated heterocycles. The molecule has 1 amide bonds. The van der Waals surface area contributed by atoms with Crippen LogP contribution in [0, 0.1) is 5.82 Å². The molecule has 1 heterocycles. The molecule has 0 aliphatic rings. The lowest BCUT2D eigenvalue weighted by Crippen LogP contribution is -2.42. The van der Waals surface area contributed by atoms with Gasteiger partial charge in [-0.3, -0.25) is 15.0 Å². The number of carbonyl (C=O) groups is 1. The number of carbonyl (C=O) groups excluding carboxylic acids is 1. The van der Waals surface area contributed by atoms with Gasteiger partial charge < -0.3 is 0 Å². The molecule has 0 fully saturated rings. The summed E-state index contributed by atoms with van der Waals surface area (Å²) in [6.45, 7) is 3.46. The van der Waals surface area contributed by atoms with E-state index in [0.29, 0.717) is 0 Å². The van der Waals surface area contributed by atoms with Gasteiger partial charge in [-0.05, 0) is 38.1 Å². The van der Waals surface area contributed by atoms with Gasteiger partial charge >= 0.3 is 0 Å². The van der Waals surface area contributed by atoms with E-state index < -0.39 is 21.7 Å². The highest BCUT2D eigenvalue weighted by atomic mass is 35.5. The number of nitrogens with zero attached hydrogens (tertiary/aromatic N) is 2. The van der Waals surface area contributed by atoms with Gasteiger partial charge in [0.15, 0.2) is 5.69 Å². The molecule has 1 aromatic heterocycles. The first-order valence-corrected chi connectivity index (χ1v) is 10.3. The quantitative estimate of drug-likeness (QED) is 0.594. The summed E-state index contributed by atoms with van der Waals surface area (Å²) in [6.07, 6.45) is 0. The second-order valence-corrected chi connectivity index (χ2v) is 8.46. The van der Waals surface area contributed by atoms with E-state index in [1.807, 2.05) is 4.83 Å². The molecule has 152 valence electrons. The lowest BCUT2D eigenvalue weighted by Gasteiger charge is -2.14. The van der Waals surface area contributed by atoms with Crippen molar-refractivity contribution < 1.29 is 17.6 Å². The molecule has 2 N–H and O–H groups in total. The number of hydrazine groups is 1. The van der Waals surface area contributed by atoms with Crippen LogP contribution < -0.4 is 15.8 Å². The minimum Gasteiger partial charge on any atom is -0.272 e. The standard InChI is InChI=1S/C18H16ClFN4O4S/c1-10(2)24-18(26)13-6-4-3-5-12(13)16(22-24)17(25)21-23-29(27,28)11-7-8-15(20)14(19)9-11/h3-10,23H,1-2H3,(H,21,25). The third kappa shape index (κ3) is 4.14. The van der Waals surface area contributed by atoms with E-state index >= 15 is 0 Å². The highest BCUT2D eigenvalue weighted by molar-refractivity contribution is 7.89. The highest BCUT2D eigenvalue weighted by Crippen LogP contribution is 2.19. The van der Waals surface area contributed by atoms with E-state index in [-0.39, 0.29) is 38.0 Å². The third-order valence-electron chi connectivity index (χ3n) is 4.03. The minimum atomic E-state index is -4.22. The number of rotatable bonds is 5. The van der Waals surface area contributed by atoms with Crippen molar-refractivity contribution >= 4 is 38.3 Å². The molecule has 0 spiro atoms. The Morgan fingerprint density at radius 1 is 1.17 bits per heavy atom. The first kappa shape index (κ1) is 20.9. The monoisotopic (exact) mass is 438 g/mol. The molecule has 0 radical (unpaired) electrons. The maximum absolute atomic E-state index is 13.3. The minimum absolute atomic E-state index is 0.131. The van der Waals surface area contributed by atoms with Crippen molar-refractivity contribution in [3.63, 3.8) is 0 Å². The highest BCUT2D eigenvalue weighted by Gasteiger charge is 2.21. The molecule has 2 aromatic carbocycles. The first-order chi connectivity index (χ1) is 13.6. The Morgan fingerprint density at radius 3 is 2.45 bits per heavy atom. The summed E-state index contributed by atoms with van der Waals surface area (Å²) in [7, 11) is -4.22. The molecule has 0 bridgehead atoms.